The second kappa shape index (κ2) is 6.43. The highest BCUT2D eigenvalue weighted by Gasteiger charge is 2.12. The number of nitrogens with zero attached hydrogens (tertiary/aromatic N) is 1. The quantitative estimate of drug-likeness (QED) is 0.549. The maximum absolute atomic E-state index is 13.3. The molecule has 124 valence electrons. The van der Waals surface area contributed by atoms with Crippen LogP contribution in [0.2, 0.25) is 5.02 Å². The first-order chi connectivity index (χ1) is 12.1. The van der Waals surface area contributed by atoms with Crippen molar-refractivity contribution in [1.82, 2.24) is 9.97 Å². The number of rotatable bonds is 3. The number of nitrogens with one attached hydrogen (secondary N) is 1. The van der Waals surface area contributed by atoms with Gasteiger partial charge in [0.2, 0.25) is 0 Å². The van der Waals surface area contributed by atoms with Crippen LogP contribution in [0, 0.1) is 5.82 Å². The summed E-state index contributed by atoms with van der Waals surface area (Å²) in [6.45, 7) is 0. The number of hydrogen-bond acceptors (Lipinski definition) is 3. The Bertz CT molecular complexity index is 1140. The van der Waals surface area contributed by atoms with E-state index in [0.29, 0.717) is 27.5 Å². The first kappa shape index (κ1) is 16.0. The molecule has 0 amide bonds. The molecule has 2 aromatic carbocycles. The van der Waals surface area contributed by atoms with Crippen molar-refractivity contribution in [2.24, 2.45) is 0 Å². The summed E-state index contributed by atoms with van der Waals surface area (Å²) >= 11 is 7.60. The number of hydrogen-bond donors (Lipinski definition) is 1. The van der Waals surface area contributed by atoms with Crippen molar-refractivity contribution in [3.63, 3.8) is 0 Å². The summed E-state index contributed by atoms with van der Waals surface area (Å²) in [5, 5.41) is 0.630. The fraction of sp³-hybridized carbons (Fsp3) is 0.0526. The van der Waals surface area contributed by atoms with Gasteiger partial charge in [-0.1, -0.05) is 41.9 Å². The van der Waals surface area contributed by atoms with E-state index in [1.807, 2.05) is 30.3 Å². The number of H-pyrrole nitrogens is 1. The van der Waals surface area contributed by atoms with Crippen LogP contribution in [0.3, 0.4) is 0 Å². The molecule has 0 spiro atoms. The van der Waals surface area contributed by atoms with Crippen LogP contribution in [0.15, 0.2) is 59.4 Å². The number of aromatic nitrogens is 2. The predicted molar refractivity (Wildman–Crippen MR) is 99.9 cm³/mol. The van der Waals surface area contributed by atoms with Gasteiger partial charge in [0.25, 0.3) is 5.56 Å². The molecule has 4 aromatic rings. The maximum atomic E-state index is 13.3. The molecule has 3 nitrogen and oxygen atoms in total. The van der Waals surface area contributed by atoms with Crippen LogP contribution in [-0.2, 0) is 6.42 Å². The van der Waals surface area contributed by atoms with Gasteiger partial charge in [0.15, 0.2) is 0 Å². The third-order valence-corrected chi connectivity index (χ3v) is 5.32. The second-order valence-electron chi connectivity index (χ2n) is 5.62. The van der Waals surface area contributed by atoms with E-state index in [0.717, 1.165) is 16.0 Å². The SMILES string of the molecule is O=c1[nH]c(Cc2cccc(F)c2)nc2cc(-c3ccccc3Cl)sc12. The Balaban J connectivity index is 1.77. The van der Waals surface area contributed by atoms with E-state index >= 15 is 0 Å². The van der Waals surface area contributed by atoms with E-state index in [1.165, 1.54) is 23.5 Å². The number of thiophene rings is 1. The maximum Gasteiger partial charge on any atom is 0.268 e. The van der Waals surface area contributed by atoms with Gasteiger partial charge in [-0.2, -0.15) is 0 Å². The largest absolute Gasteiger partial charge is 0.309 e. The van der Waals surface area contributed by atoms with Gasteiger partial charge in [-0.3, -0.25) is 4.79 Å². The van der Waals surface area contributed by atoms with Gasteiger partial charge < -0.3 is 4.98 Å². The summed E-state index contributed by atoms with van der Waals surface area (Å²) in [4.78, 5) is 20.6. The molecule has 0 aliphatic rings. The Morgan fingerprint density at radius 1 is 1.12 bits per heavy atom. The van der Waals surface area contributed by atoms with Gasteiger partial charge in [0, 0.05) is 21.9 Å². The van der Waals surface area contributed by atoms with E-state index in [9.17, 15) is 9.18 Å². The van der Waals surface area contributed by atoms with Crippen molar-refractivity contribution in [3.8, 4) is 10.4 Å². The van der Waals surface area contributed by atoms with Gasteiger partial charge in [0.05, 0.1) is 5.52 Å². The van der Waals surface area contributed by atoms with Crippen LogP contribution in [0.5, 0.6) is 0 Å². The molecule has 1 N–H and O–H groups in total. The second-order valence-corrected chi connectivity index (χ2v) is 7.08. The summed E-state index contributed by atoms with van der Waals surface area (Å²) in [6.07, 6.45) is 0.361. The topological polar surface area (TPSA) is 45.8 Å². The molecular weight excluding hydrogens is 359 g/mol. The van der Waals surface area contributed by atoms with Crippen molar-refractivity contribution in [2.75, 3.05) is 0 Å². The molecular formula is C19H12ClFN2OS. The van der Waals surface area contributed by atoms with Crippen molar-refractivity contribution < 1.29 is 4.39 Å². The summed E-state index contributed by atoms with van der Waals surface area (Å²) in [5.41, 5.74) is 2.05. The lowest BCUT2D eigenvalue weighted by molar-refractivity contribution is 0.626. The molecule has 0 atom stereocenters. The molecule has 0 unspecified atom stereocenters. The highest BCUT2D eigenvalue weighted by Crippen LogP contribution is 2.35. The van der Waals surface area contributed by atoms with Gasteiger partial charge in [-0.25, -0.2) is 9.37 Å². The van der Waals surface area contributed by atoms with Crippen molar-refractivity contribution in [3.05, 3.63) is 87.2 Å². The van der Waals surface area contributed by atoms with Crippen LogP contribution in [-0.4, -0.2) is 9.97 Å². The van der Waals surface area contributed by atoms with Gasteiger partial charge in [-0.05, 0) is 29.8 Å². The van der Waals surface area contributed by atoms with Crippen LogP contribution in [0.25, 0.3) is 20.7 Å². The van der Waals surface area contributed by atoms with E-state index in [4.69, 9.17) is 11.6 Å². The smallest absolute Gasteiger partial charge is 0.268 e. The first-order valence-corrected chi connectivity index (χ1v) is 8.82. The minimum atomic E-state index is -0.308. The van der Waals surface area contributed by atoms with E-state index < -0.39 is 0 Å². The Hall–Kier alpha value is -2.50. The average molecular weight is 371 g/mol. The van der Waals surface area contributed by atoms with Gasteiger partial charge >= 0.3 is 0 Å². The molecule has 0 fully saturated rings. The highest BCUT2D eigenvalue weighted by molar-refractivity contribution is 7.22. The van der Waals surface area contributed by atoms with Crippen LogP contribution < -0.4 is 5.56 Å². The molecule has 0 saturated carbocycles. The third-order valence-electron chi connectivity index (χ3n) is 3.83. The Morgan fingerprint density at radius 2 is 1.96 bits per heavy atom. The molecule has 0 aliphatic carbocycles. The summed E-state index contributed by atoms with van der Waals surface area (Å²) in [5.74, 6) is 0.198. The standard InChI is InChI=1S/C19H12ClFN2OS/c20-14-7-2-1-6-13(14)16-10-15-18(25-16)19(24)23-17(22-15)9-11-4-3-5-12(21)8-11/h1-8,10H,9H2,(H,22,23,24). The lowest BCUT2D eigenvalue weighted by Crippen LogP contribution is -2.10. The van der Waals surface area contributed by atoms with Crippen molar-refractivity contribution in [1.29, 1.82) is 0 Å². The van der Waals surface area contributed by atoms with Gasteiger partial charge in [-0.15, -0.1) is 11.3 Å². The zero-order valence-corrected chi connectivity index (χ0v) is 14.5. The Morgan fingerprint density at radius 3 is 2.76 bits per heavy atom. The zero-order valence-electron chi connectivity index (χ0n) is 12.9. The highest BCUT2D eigenvalue weighted by atomic mass is 35.5. The molecule has 0 bridgehead atoms. The van der Waals surface area contributed by atoms with E-state index in [-0.39, 0.29) is 11.4 Å². The molecule has 6 heteroatoms. The zero-order chi connectivity index (χ0) is 17.4. The average Bonchev–Trinajstić information content (AvgIpc) is 3.00. The van der Waals surface area contributed by atoms with Crippen LogP contribution >= 0.6 is 22.9 Å². The minimum absolute atomic E-state index is 0.195. The van der Waals surface area contributed by atoms with Crippen LogP contribution in [0.4, 0.5) is 4.39 Å². The first-order valence-electron chi connectivity index (χ1n) is 7.62. The number of benzene rings is 2. The van der Waals surface area contributed by atoms with E-state index in [1.54, 1.807) is 12.1 Å². The predicted octanol–water partition coefficient (Wildman–Crippen LogP) is 5.03. The monoisotopic (exact) mass is 370 g/mol. The third kappa shape index (κ3) is 3.21. The summed E-state index contributed by atoms with van der Waals surface area (Å²) in [7, 11) is 0. The molecule has 25 heavy (non-hydrogen) atoms. The van der Waals surface area contributed by atoms with Crippen LogP contribution in [0.1, 0.15) is 11.4 Å². The molecule has 4 rings (SSSR count). The summed E-state index contributed by atoms with van der Waals surface area (Å²) in [6, 6.07) is 15.6. The minimum Gasteiger partial charge on any atom is -0.309 e. The molecule has 2 aromatic heterocycles. The Kier molecular flexibility index (Phi) is 4.11. The number of fused-ring (bicyclic) bond motifs is 1. The summed E-state index contributed by atoms with van der Waals surface area (Å²) < 4.78 is 13.9. The lowest BCUT2D eigenvalue weighted by atomic mass is 10.1. The molecule has 0 aliphatic heterocycles. The normalized spacial score (nSPS) is 11.1. The van der Waals surface area contributed by atoms with Gasteiger partial charge in [0.1, 0.15) is 16.3 Å². The number of halogens is 2. The molecule has 0 radical (unpaired) electrons. The number of aromatic amines is 1. The van der Waals surface area contributed by atoms with Crippen molar-refractivity contribution in [2.45, 2.75) is 6.42 Å². The lowest BCUT2D eigenvalue weighted by Gasteiger charge is -2.01. The Labute approximate surface area is 151 Å². The fourth-order valence-electron chi connectivity index (χ4n) is 2.71. The van der Waals surface area contributed by atoms with Crippen molar-refractivity contribution >= 4 is 33.2 Å². The molecule has 2 heterocycles. The fourth-order valence-corrected chi connectivity index (χ4v) is 4.03. The molecule has 0 saturated heterocycles. The van der Waals surface area contributed by atoms with E-state index in [2.05, 4.69) is 9.97 Å².